The van der Waals surface area contributed by atoms with Crippen molar-refractivity contribution >= 4 is 17.2 Å². The van der Waals surface area contributed by atoms with Crippen molar-refractivity contribution in [2.24, 2.45) is 5.73 Å². The molecule has 4 heteroatoms. The molecule has 0 bridgehead atoms. The molecule has 0 radical (unpaired) electrons. The van der Waals surface area contributed by atoms with Crippen LogP contribution < -0.4 is 11.5 Å². The lowest BCUT2D eigenvalue weighted by Crippen LogP contribution is -2.03. The van der Waals surface area contributed by atoms with E-state index in [1.54, 1.807) is 11.3 Å². The van der Waals surface area contributed by atoms with Crippen LogP contribution in [-0.4, -0.2) is 4.98 Å². The summed E-state index contributed by atoms with van der Waals surface area (Å²) >= 11 is 1.65. The molecule has 4 N–H and O–H groups in total. The Bertz CT molecular complexity index is 423. The van der Waals surface area contributed by atoms with Crippen LogP contribution in [0.4, 0.5) is 5.82 Å². The highest BCUT2D eigenvalue weighted by Gasteiger charge is 2.03. The number of aromatic nitrogens is 1. The molecule has 3 nitrogen and oxygen atoms in total. The molecule has 0 saturated carbocycles. The van der Waals surface area contributed by atoms with Gasteiger partial charge in [0, 0.05) is 12.1 Å². The third-order valence-corrected chi connectivity index (χ3v) is 2.90. The molecule has 0 fully saturated rings. The number of nitrogens with zero attached hydrogens (tertiary/aromatic N) is 1. The SMILES string of the molecule is NCc1ccc(-c2cccs2)nc1N. The number of hydrogen-bond donors (Lipinski definition) is 2. The van der Waals surface area contributed by atoms with Gasteiger partial charge in [-0.1, -0.05) is 12.1 Å². The molecule has 0 saturated heterocycles. The minimum atomic E-state index is 0.434. The van der Waals surface area contributed by atoms with Crippen LogP contribution in [0, 0.1) is 0 Å². The van der Waals surface area contributed by atoms with Crippen LogP contribution in [0.3, 0.4) is 0 Å². The van der Waals surface area contributed by atoms with Crippen molar-refractivity contribution in [1.82, 2.24) is 4.98 Å². The third-order valence-electron chi connectivity index (χ3n) is 2.01. The second-order valence-corrected chi connectivity index (χ2v) is 3.87. The average Bonchev–Trinajstić information content (AvgIpc) is 2.70. The summed E-state index contributed by atoms with van der Waals surface area (Å²) in [6, 6.07) is 7.89. The average molecular weight is 205 g/mol. The number of anilines is 1. The maximum absolute atomic E-state index is 5.75. The predicted molar refractivity (Wildman–Crippen MR) is 59.9 cm³/mol. The minimum Gasteiger partial charge on any atom is -0.383 e. The Morgan fingerprint density at radius 3 is 2.71 bits per heavy atom. The Morgan fingerprint density at radius 2 is 2.14 bits per heavy atom. The second-order valence-electron chi connectivity index (χ2n) is 2.92. The predicted octanol–water partition coefficient (Wildman–Crippen LogP) is 1.85. The van der Waals surface area contributed by atoms with Gasteiger partial charge in [0.15, 0.2) is 0 Å². The highest BCUT2D eigenvalue weighted by molar-refractivity contribution is 7.13. The van der Waals surface area contributed by atoms with Gasteiger partial charge in [-0.15, -0.1) is 11.3 Å². The monoisotopic (exact) mass is 205 g/mol. The van der Waals surface area contributed by atoms with Gasteiger partial charge in [-0.3, -0.25) is 0 Å². The van der Waals surface area contributed by atoms with E-state index in [0.717, 1.165) is 16.1 Å². The van der Waals surface area contributed by atoms with Gasteiger partial charge in [0.25, 0.3) is 0 Å². The molecule has 2 aromatic heterocycles. The fraction of sp³-hybridized carbons (Fsp3) is 0.100. The van der Waals surface area contributed by atoms with E-state index < -0.39 is 0 Å². The third kappa shape index (κ3) is 1.62. The standard InChI is InChI=1S/C10H11N3S/c11-6-7-3-4-8(13-10(7)12)9-2-1-5-14-9/h1-5H,6,11H2,(H2,12,13). The second kappa shape index (κ2) is 3.77. The summed E-state index contributed by atoms with van der Waals surface area (Å²) in [5.74, 6) is 0.526. The molecule has 0 aliphatic carbocycles. The zero-order chi connectivity index (χ0) is 9.97. The summed E-state index contributed by atoms with van der Waals surface area (Å²) < 4.78 is 0. The maximum atomic E-state index is 5.75. The van der Waals surface area contributed by atoms with Gasteiger partial charge < -0.3 is 11.5 Å². The highest BCUT2D eigenvalue weighted by Crippen LogP contribution is 2.24. The summed E-state index contributed by atoms with van der Waals surface area (Å²) in [6.07, 6.45) is 0. The summed E-state index contributed by atoms with van der Waals surface area (Å²) in [5, 5.41) is 2.02. The normalized spacial score (nSPS) is 10.4. The van der Waals surface area contributed by atoms with Crippen LogP contribution in [0.5, 0.6) is 0 Å². The van der Waals surface area contributed by atoms with Crippen LogP contribution in [0.1, 0.15) is 5.56 Å². The Morgan fingerprint density at radius 1 is 1.29 bits per heavy atom. The number of nitrogen functional groups attached to an aromatic ring is 1. The number of thiophene rings is 1. The molecule has 2 aromatic rings. The number of rotatable bonds is 2. The lowest BCUT2D eigenvalue weighted by Gasteiger charge is -2.03. The molecule has 0 aromatic carbocycles. The van der Waals surface area contributed by atoms with E-state index in [0.29, 0.717) is 12.4 Å². The summed E-state index contributed by atoms with van der Waals surface area (Å²) in [4.78, 5) is 5.42. The van der Waals surface area contributed by atoms with Gasteiger partial charge in [0.2, 0.25) is 0 Å². The van der Waals surface area contributed by atoms with E-state index in [4.69, 9.17) is 11.5 Å². The Kier molecular flexibility index (Phi) is 2.47. The number of pyridine rings is 1. The fourth-order valence-corrected chi connectivity index (χ4v) is 1.93. The molecule has 0 unspecified atom stereocenters. The zero-order valence-corrected chi connectivity index (χ0v) is 8.42. The van der Waals surface area contributed by atoms with Crippen LogP contribution in [0.25, 0.3) is 10.6 Å². The van der Waals surface area contributed by atoms with E-state index in [9.17, 15) is 0 Å². The van der Waals surface area contributed by atoms with Gasteiger partial charge >= 0.3 is 0 Å². The van der Waals surface area contributed by atoms with E-state index >= 15 is 0 Å². The molecule has 14 heavy (non-hydrogen) atoms. The minimum absolute atomic E-state index is 0.434. The quantitative estimate of drug-likeness (QED) is 0.786. The fourth-order valence-electron chi connectivity index (χ4n) is 1.24. The van der Waals surface area contributed by atoms with Crippen molar-refractivity contribution in [3.8, 4) is 10.6 Å². The van der Waals surface area contributed by atoms with Crippen LogP contribution in [0.2, 0.25) is 0 Å². The van der Waals surface area contributed by atoms with E-state index in [-0.39, 0.29) is 0 Å². The number of hydrogen-bond acceptors (Lipinski definition) is 4. The zero-order valence-electron chi connectivity index (χ0n) is 7.60. The van der Waals surface area contributed by atoms with Crippen molar-refractivity contribution in [3.05, 3.63) is 35.2 Å². The van der Waals surface area contributed by atoms with Gasteiger partial charge in [-0.05, 0) is 17.5 Å². The van der Waals surface area contributed by atoms with Crippen molar-refractivity contribution in [2.75, 3.05) is 5.73 Å². The van der Waals surface area contributed by atoms with Gasteiger partial charge in [0.05, 0.1) is 10.6 Å². The van der Waals surface area contributed by atoms with Gasteiger partial charge in [-0.2, -0.15) is 0 Å². The van der Waals surface area contributed by atoms with E-state index in [1.807, 2.05) is 29.6 Å². The molecule has 72 valence electrons. The molecule has 2 rings (SSSR count). The topological polar surface area (TPSA) is 64.9 Å². The summed E-state index contributed by atoms with van der Waals surface area (Å²) in [7, 11) is 0. The van der Waals surface area contributed by atoms with Crippen molar-refractivity contribution in [1.29, 1.82) is 0 Å². The van der Waals surface area contributed by atoms with Crippen LogP contribution in [0.15, 0.2) is 29.6 Å². The highest BCUT2D eigenvalue weighted by atomic mass is 32.1. The first kappa shape index (κ1) is 9.18. The molecule has 0 atom stereocenters. The van der Waals surface area contributed by atoms with E-state index in [2.05, 4.69) is 4.98 Å². The Labute approximate surface area is 86.4 Å². The summed E-state index contributed by atoms with van der Waals surface area (Å²) in [5.41, 5.74) is 13.1. The van der Waals surface area contributed by atoms with Crippen LogP contribution >= 0.6 is 11.3 Å². The maximum Gasteiger partial charge on any atom is 0.128 e. The smallest absolute Gasteiger partial charge is 0.128 e. The largest absolute Gasteiger partial charge is 0.383 e. The van der Waals surface area contributed by atoms with Crippen LogP contribution in [-0.2, 0) is 6.54 Å². The summed E-state index contributed by atoms with van der Waals surface area (Å²) in [6.45, 7) is 0.434. The first-order valence-electron chi connectivity index (χ1n) is 4.30. The van der Waals surface area contributed by atoms with Gasteiger partial charge in [-0.25, -0.2) is 4.98 Å². The Balaban J connectivity index is 2.43. The molecule has 0 aliphatic heterocycles. The lowest BCUT2D eigenvalue weighted by molar-refractivity contribution is 1.06. The van der Waals surface area contributed by atoms with Gasteiger partial charge in [0.1, 0.15) is 5.82 Å². The van der Waals surface area contributed by atoms with E-state index in [1.165, 1.54) is 0 Å². The number of nitrogens with two attached hydrogens (primary N) is 2. The van der Waals surface area contributed by atoms with Crippen molar-refractivity contribution in [3.63, 3.8) is 0 Å². The molecular formula is C10H11N3S. The molecular weight excluding hydrogens is 194 g/mol. The van der Waals surface area contributed by atoms with Crippen molar-refractivity contribution < 1.29 is 0 Å². The lowest BCUT2D eigenvalue weighted by atomic mass is 10.2. The van der Waals surface area contributed by atoms with Crippen molar-refractivity contribution in [2.45, 2.75) is 6.54 Å². The Hall–Kier alpha value is -1.39. The molecule has 0 amide bonds. The first-order chi connectivity index (χ1) is 6.81. The molecule has 0 aliphatic rings. The molecule has 2 heterocycles. The first-order valence-corrected chi connectivity index (χ1v) is 5.18. The molecule has 0 spiro atoms.